The minimum atomic E-state index is -0.379. The molecule has 2 heteroatoms. The standard InChI is InChI=1S/C12H16Si2/c1-6-10-7-11(13(2)3)9-12(8-10)14(4)5/h1,7-9H,2-5H3. The van der Waals surface area contributed by atoms with Crippen LogP contribution in [0.4, 0.5) is 0 Å². The molecule has 0 nitrogen and oxygen atoms in total. The van der Waals surface area contributed by atoms with Gasteiger partial charge < -0.3 is 0 Å². The van der Waals surface area contributed by atoms with Crippen LogP contribution in [0.25, 0.3) is 0 Å². The fourth-order valence-corrected chi connectivity index (χ4v) is 3.21. The minimum absolute atomic E-state index is 0.379. The highest BCUT2D eigenvalue weighted by molar-refractivity contribution is 6.74. The molecule has 1 aromatic carbocycles. The third-order valence-corrected chi connectivity index (χ3v) is 5.14. The van der Waals surface area contributed by atoms with E-state index >= 15 is 0 Å². The van der Waals surface area contributed by atoms with Gasteiger partial charge in [0.25, 0.3) is 0 Å². The minimum Gasteiger partial charge on any atom is -0.115 e. The van der Waals surface area contributed by atoms with E-state index < -0.39 is 0 Å². The summed E-state index contributed by atoms with van der Waals surface area (Å²) in [7, 11) is -0.757. The van der Waals surface area contributed by atoms with Gasteiger partial charge in [0.05, 0.1) is 17.6 Å². The van der Waals surface area contributed by atoms with Crippen LogP contribution in [0.15, 0.2) is 18.2 Å². The fraction of sp³-hybridized carbons (Fsp3) is 0.333. The molecule has 14 heavy (non-hydrogen) atoms. The predicted molar refractivity (Wildman–Crippen MR) is 68.6 cm³/mol. The van der Waals surface area contributed by atoms with Crippen molar-refractivity contribution < 1.29 is 0 Å². The number of terminal acetylenes is 1. The lowest BCUT2D eigenvalue weighted by molar-refractivity contribution is 1.70. The molecule has 1 aromatic rings. The van der Waals surface area contributed by atoms with Crippen molar-refractivity contribution in [1.29, 1.82) is 0 Å². The maximum Gasteiger partial charge on any atom is 0.0792 e. The lowest BCUT2D eigenvalue weighted by atomic mass is 10.2. The van der Waals surface area contributed by atoms with Crippen LogP contribution in [0.3, 0.4) is 0 Å². The molecular formula is C12H16Si2. The molecule has 0 aliphatic rings. The molecule has 0 fully saturated rings. The first kappa shape index (κ1) is 11.3. The van der Waals surface area contributed by atoms with E-state index in [1.165, 1.54) is 10.4 Å². The smallest absolute Gasteiger partial charge is 0.0792 e. The van der Waals surface area contributed by atoms with Crippen molar-refractivity contribution in [2.24, 2.45) is 0 Å². The van der Waals surface area contributed by atoms with Crippen LogP contribution in [0.2, 0.25) is 26.2 Å². The molecule has 0 saturated heterocycles. The molecule has 0 unspecified atom stereocenters. The summed E-state index contributed by atoms with van der Waals surface area (Å²) in [5.41, 5.74) is 1.05. The van der Waals surface area contributed by atoms with Gasteiger partial charge in [-0.05, 0) is 12.1 Å². The van der Waals surface area contributed by atoms with E-state index in [0.29, 0.717) is 0 Å². The first-order chi connectivity index (χ1) is 6.54. The van der Waals surface area contributed by atoms with Crippen LogP contribution in [0, 0.1) is 12.3 Å². The Labute approximate surface area is 90.6 Å². The van der Waals surface area contributed by atoms with Crippen molar-refractivity contribution in [1.82, 2.24) is 0 Å². The first-order valence-electron chi connectivity index (χ1n) is 4.77. The van der Waals surface area contributed by atoms with Crippen molar-refractivity contribution in [3.63, 3.8) is 0 Å². The lowest BCUT2D eigenvalue weighted by Gasteiger charge is -2.10. The summed E-state index contributed by atoms with van der Waals surface area (Å²) in [6.07, 6.45) is 5.46. The van der Waals surface area contributed by atoms with Crippen molar-refractivity contribution in [3.05, 3.63) is 23.8 Å². The Morgan fingerprint density at radius 3 is 1.64 bits per heavy atom. The van der Waals surface area contributed by atoms with E-state index in [9.17, 15) is 0 Å². The van der Waals surface area contributed by atoms with Crippen molar-refractivity contribution in [2.45, 2.75) is 26.2 Å². The maximum atomic E-state index is 5.46. The van der Waals surface area contributed by atoms with Crippen LogP contribution in [-0.2, 0) is 0 Å². The molecular weight excluding hydrogens is 200 g/mol. The van der Waals surface area contributed by atoms with Crippen LogP contribution >= 0.6 is 0 Å². The highest BCUT2D eigenvalue weighted by Gasteiger charge is 2.07. The summed E-state index contributed by atoms with van der Waals surface area (Å²) in [5.74, 6) is 2.75. The highest BCUT2D eigenvalue weighted by Crippen LogP contribution is 1.96. The quantitative estimate of drug-likeness (QED) is 0.520. The highest BCUT2D eigenvalue weighted by atomic mass is 28.3. The molecule has 2 radical (unpaired) electrons. The van der Waals surface area contributed by atoms with E-state index in [2.05, 4.69) is 50.3 Å². The Morgan fingerprint density at radius 1 is 0.929 bits per heavy atom. The monoisotopic (exact) mass is 216 g/mol. The number of hydrogen-bond donors (Lipinski definition) is 0. The summed E-state index contributed by atoms with van der Waals surface area (Å²) < 4.78 is 0. The van der Waals surface area contributed by atoms with E-state index in [-0.39, 0.29) is 17.6 Å². The van der Waals surface area contributed by atoms with Crippen LogP contribution in [-0.4, -0.2) is 17.6 Å². The second kappa shape index (κ2) is 4.63. The van der Waals surface area contributed by atoms with Crippen LogP contribution in [0.5, 0.6) is 0 Å². The maximum absolute atomic E-state index is 5.46. The Hall–Kier alpha value is -0.786. The number of rotatable bonds is 2. The average molecular weight is 216 g/mol. The van der Waals surface area contributed by atoms with Gasteiger partial charge in [0.15, 0.2) is 0 Å². The van der Waals surface area contributed by atoms with Gasteiger partial charge >= 0.3 is 0 Å². The van der Waals surface area contributed by atoms with Gasteiger partial charge in [0, 0.05) is 5.56 Å². The molecule has 72 valence electrons. The van der Waals surface area contributed by atoms with Gasteiger partial charge in [-0.1, -0.05) is 48.5 Å². The zero-order chi connectivity index (χ0) is 10.7. The molecule has 0 spiro atoms. The molecule has 0 aromatic heterocycles. The fourth-order valence-electron chi connectivity index (χ4n) is 1.29. The summed E-state index contributed by atoms with van der Waals surface area (Å²) in [6.45, 7) is 9.23. The number of benzene rings is 1. The molecule has 0 saturated carbocycles. The van der Waals surface area contributed by atoms with Crippen molar-refractivity contribution >= 4 is 28.0 Å². The van der Waals surface area contributed by atoms with Gasteiger partial charge in [0.1, 0.15) is 0 Å². The Kier molecular flexibility index (Phi) is 3.73. The first-order valence-corrected chi connectivity index (χ1v) is 9.77. The lowest BCUT2D eigenvalue weighted by Crippen LogP contribution is -2.32. The molecule has 0 amide bonds. The van der Waals surface area contributed by atoms with Gasteiger partial charge in [-0.25, -0.2) is 0 Å². The van der Waals surface area contributed by atoms with Crippen molar-refractivity contribution in [2.75, 3.05) is 0 Å². The predicted octanol–water partition coefficient (Wildman–Crippen LogP) is 1.59. The average Bonchev–Trinajstić information content (AvgIpc) is 2.16. The molecule has 0 heterocycles. The molecule has 0 N–H and O–H groups in total. The molecule has 1 rings (SSSR count). The van der Waals surface area contributed by atoms with E-state index in [1.807, 2.05) is 0 Å². The third-order valence-electron chi connectivity index (χ3n) is 2.25. The van der Waals surface area contributed by atoms with Crippen molar-refractivity contribution in [3.8, 4) is 12.3 Å². The SMILES string of the molecule is C#Cc1cc([Si](C)C)cc([Si](C)C)c1. The summed E-state index contributed by atoms with van der Waals surface area (Å²) in [5, 5.41) is 2.93. The third kappa shape index (κ3) is 2.60. The van der Waals surface area contributed by atoms with Crippen LogP contribution in [0.1, 0.15) is 5.56 Å². The molecule has 0 aliphatic carbocycles. The second-order valence-electron chi connectivity index (χ2n) is 3.94. The largest absolute Gasteiger partial charge is 0.115 e. The Morgan fingerprint density at radius 2 is 1.36 bits per heavy atom. The zero-order valence-electron chi connectivity index (χ0n) is 9.31. The topological polar surface area (TPSA) is 0 Å². The van der Waals surface area contributed by atoms with Crippen LogP contribution < -0.4 is 10.4 Å². The molecule has 0 bridgehead atoms. The normalized spacial score (nSPS) is 10.6. The van der Waals surface area contributed by atoms with E-state index in [4.69, 9.17) is 6.42 Å². The zero-order valence-corrected chi connectivity index (χ0v) is 11.3. The Bertz CT molecular complexity index is 333. The second-order valence-corrected chi connectivity index (χ2v) is 9.10. The molecule has 0 atom stereocenters. The van der Waals surface area contributed by atoms with E-state index in [1.54, 1.807) is 0 Å². The van der Waals surface area contributed by atoms with Gasteiger partial charge in [-0.2, -0.15) is 0 Å². The molecule has 0 aliphatic heterocycles. The van der Waals surface area contributed by atoms with Gasteiger partial charge in [-0.3, -0.25) is 0 Å². The van der Waals surface area contributed by atoms with Gasteiger partial charge in [0.2, 0.25) is 0 Å². The number of hydrogen-bond acceptors (Lipinski definition) is 0. The van der Waals surface area contributed by atoms with E-state index in [0.717, 1.165) is 5.56 Å². The summed E-state index contributed by atoms with van der Waals surface area (Å²) >= 11 is 0. The Balaban J connectivity index is 3.22. The van der Waals surface area contributed by atoms with Gasteiger partial charge in [-0.15, -0.1) is 6.42 Å². The summed E-state index contributed by atoms with van der Waals surface area (Å²) in [4.78, 5) is 0. The summed E-state index contributed by atoms with van der Waals surface area (Å²) in [6, 6.07) is 6.69.